The zero-order valence-corrected chi connectivity index (χ0v) is 14.1. The van der Waals surface area contributed by atoms with Gasteiger partial charge in [0, 0.05) is 41.6 Å². The number of pyridine rings is 1. The van der Waals surface area contributed by atoms with Crippen LogP contribution in [0.15, 0.2) is 48.8 Å². The molecule has 0 atom stereocenters. The van der Waals surface area contributed by atoms with Gasteiger partial charge in [-0.2, -0.15) is 0 Å². The first-order valence-corrected chi connectivity index (χ1v) is 8.35. The Labute approximate surface area is 154 Å². The Balaban J connectivity index is 1.72. The second-order valence-corrected chi connectivity index (χ2v) is 6.25. The molecule has 0 saturated carbocycles. The summed E-state index contributed by atoms with van der Waals surface area (Å²) in [6.45, 7) is 0.204. The van der Waals surface area contributed by atoms with Gasteiger partial charge in [0.1, 0.15) is 11.5 Å². The van der Waals surface area contributed by atoms with Gasteiger partial charge in [0.25, 0.3) is 0 Å². The molecule has 0 aliphatic carbocycles. The van der Waals surface area contributed by atoms with Crippen LogP contribution in [0.5, 0.6) is 34.5 Å². The molecule has 2 aliphatic rings. The van der Waals surface area contributed by atoms with Crippen molar-refractivity contribution in [2.45, 2.75) is 5.92 Å². The molecule has 0 amide bonds. The predicted octanol–water partition coefficient (Wildman–Crippen LogP) is 3.13. The molecular weight excluding hydrogens is 350 g/mol. The number of aromatic nitrogens is 1. The highest BCUT2D eigenvalue weighted by atomic mass is 16.7. The number of hydrogen-bond acceptors (Lipinski definition) is 7. The van der Waals surface area contributed by atoms with E-state index in [4.69, 9.17) is 18.9 Å². The lowest BCUT2D eigenvalue weighted by Gasteiger charge is -2.21. The summed E-state index contributed by atoms with van der Waals surface area (Å²) in [5.74, 6) is 1.61. The van der Waals surface area contributed by atoms with E-state index in [1.807, 2.05) is 6.07 Å². The third-order valence-corrected chi connectivity index (χ3v) is 4.68. The van der Waals surface area contributed by atoms with Gasteiger partial charge in [0.2, 0.25) is 13.6 Å². The lowest BCUT2D eigenvalue weighted by molar-refractivity contribution is 0.173. The Morgan fingerprint density at radius 2 is 1.30 bits per heavy atom. The summed E-state index contributed by atoms with van der Waals surface area (Å²) in [5, 5.41) is 21.3. The molecule has 3 aromatic rings. The number of phenols is 2. The quantitative estimate of drug-likeness (QED) is 0.737. The highest BCUT2D eigenvalue weighted by molar-refractivity contribution is 5.61. The number of phenolic OH excluding ortho intramolecular Hbond substituents is 2. The van der Waals surface area contributed by atoms with Crippen LogP contribution < -0.4 is 18.9 Å². The van der Waals surface area contributed by atoms with Crippen LogP contribution in [-0.4, -0.2) is 28.8 Å². The van der Waals surface area contributed by atoms with Crippen molar-refractivity contribution < 1.29 is 29.2 Å². The van der Waals surface area contributed by atoms with Gasteiger partial charge in [-0.05, 0) is 23.8 Å². The zero-order valence-electron chi connectivity index (χ0n) is 14.1. The van der Waals surface area contributed by atoms with E-state index in [1.165, 1.54) is 12.1 Å². The van der Waals surface area contributed by atoms with Crippen LogP contribution in [0.25, 0.3) is 0 Å². The Kier molecular flexibility index (Phi) is 3.46. The van der Waals surface area contributed by atoms with Crippen LogP contribution in [0.2, 0.25) is 0 Å². The van der Waals surface area contributed by atoms with Gasteiger partial charge < -0.3 is 29.2 Å². The molecule has 7 nitrogen and oxygen atoms in total. The van der Waals surface area contributed by atoms with Gasteiger partial charge in [-0.25, -0.2) is 0 Å². The Morgan fingerprint density at radius 3 is 1.78 bits per heavy atom. The third kappa shape index (κ3) is 2.55. The van der Waals surface area contributed by atoms with E-state index < -0.39 is 5.92 Å². The van der Waals surface area contributed by atoms with Gasteiger partial charge in [-0.3, -0.25) is 4.98 Å². The van der Waals surface area contributed by atoms with E-state index >= 15 is 0 Å². The minimum atomic E-state index is -0.498. The molecule has 3 heterocycles. The Bertz CT molecular complexity index is 957. The summed E-state index contributed by atoms with van der Waals surface area (Å²) in [5.41, 5.74) is 1.91. The van der Waals surface area contributed by atoms with E-state index in [-0.39, 0.29) is 25.1 Å². The van der Waals surface area contributed by atoms with Crippen LogP contribution in [0.4, 0.5) is 0 Å². The minimum absolute atomic E-state index is 0.0326. The highest BCUT2D eigenvalue weighted by Crippen LogP contribution is 2.48. The Morgan fingerprint density at radius 1 is 0.778 bits per heavy atom. The Hall–Kier alpha value is -3.61. The molecule has 0 bridgehead atoms. The SMILES string of the molecule is Oc1cc2c(cc1C(c1cccnc1)c1cc3c(cc1O)OCO3)OCO2. The van der Waals surface area contributed by atoms with Gasteiger partial charge in [-0.15, -0.1) is 0 Å². The monoisotopic (exact) mass is 365 g/mol. The van der Waals surface area contributed by atoms with Crippen LogP contribution in [0.3, 0.4) is 0 Å². The first-order valence-electron chi connectivity index (χ1n) is 8.35. The first-order chi connectivity index (χ1) is 13.2. The lowest BCUT2D eigenvalue weighted by Crippen LogP contribution is -2.05. The number of ether oxygens (including phenoxy) is 4. The van der Waals surface area contributed by atoms with E-state index in [1.54, 1.807) is 30.6 Å². The fraction of sp³-hybridized carbons (Fsp3) is 0.150. The van der Waals surface area contributed by atoms with Crippen molar-refractivity contribution in [2.75, 3.05) is 13.6 Å². The number of fused-ring (bicyclic) bond motifs is 2. The summed E-state index contributed by atoms with van der Waals surface area (Å²) in [6, 6.07) is 10.2. The normalized spacial score (nSPS) is 14.0. The molecule has 0 saturated heterocycles. The average Bonchev–Trinajstić information content (AvgIpc) is 3.31. The van der Waals surface area contributed by atoms with Gasteiger partial charge >= 0.3 is 0 Å². The van der Waals surface area contributed by atoms with E-state index in [0.29, 0.717) is 34.1 Å². The van der Waals surface area contributed by atoms with Gasteiger partial charge in [-0.1, -0.05) is 6.07 Å². The summed E-state index contributed by atoms with van der Waals surface area (Å²) in [7, 11) is 0. The topological polar surface area (TPSA) is 90.3 Å². The van der Waals surface area contributed by atoms with Crippen molar-refractivity contribution in [3.8, 4) is 34.5 Å². The van der Waals surface area contributed by atoms with E-state index in [9.17, 15) is 10.2 Å². The molecule has 5 rings (SSSR count). The maximum atomic E-state index is 10.7. The van der Waals surface area contributed by atoms with E-state index in [0.717, 1.165) is 5.56 Å². The molecule has 0 unspecified atom stereocenters. The second kappa shape index (κ2) is 5.98. The molecule has 27 heavy (non-hydrogen) atoms. The van der Waals surface area contributed by atoms with Crippen LogP contribution in [0, 0.1) is 0 Å². The highest BCUT2D eigenvalue weighted by Gasteiger charge is 2.29. The van der Waals surface area contributed by atoms with Crippen molar-refractivity contribution in [3.05, 3.63) is 65.5 Å². The summed E-state index contributed by atoms with van der Waals surface area (Å²) in [6.07, 6.45) is 3.36. The molecule has 136 valence electrons. The molecule has 0 fully saturated rings. The minimum Gasteiger partial charge on any atom is -0.507 e. The molecule has 0 radical (unpaired) electrons. The molecule has 2 N–H and O–H groups in total. The largest absolute Gasteiger partial charge is 0.507 e. The van der Waals surface area contributed by atoms with Crippen LogP contribution >= 0.6 is 0 Å². The molecule has 2 aliphatic heterocycles. The van der Waals surface area contributed by atoms with Crippen molar-refractivity contribution in [1.29, 1.82) is 0 Å². The maximum Gasteiger partial charge on any atom is 0.231 e. The van der Waals surface area contributed by atoms with Crippen LogP contribution in [0.1, 0.15) is 22.6 Å². The third-order valence-electron chi connectivity index (χ3n) is 4.68. The van der Waals surface area contributed by atoms with Gasteiger partial charge in [0.15, 0.2) is 23.0 Å². The number of rotatable bonds is 3. The van der Waals surface area contributed by atoms with Crippen LogP contribution in [-0.2, 0) is 0 Å². The predicted molar refractivity (Wildman–Crippen MR) is 93.6 cm³/mol. The lowest BCUT2D eigenvalue weighted by atomic mass is 9.84. The summed E-state index contributed by atoms with van der Waals surface area (Å²) >= 11 is 0. The molecule has 0 spiro atoms. The molecule has 2 aromatic carbocycles. The zero-order chi connectivity index (χ0) is 18.4. The first kappa shape index (κ1) is 15.6. The number of hydrogen-bond donors (Lipinski definition) is 2. The number of nitrogens with zero attached hydrogens (tertiary/aromatic N) is 1. The standard InChI is InChI=1S/C20H15NO6/c22-14-6-18-16(24-9-26-18)4-12(14)20(11-2-1-3-21-8-11)13-5-17-19(7-15(13)23)27-10-25-17/h1-8,20,22-23H,9-10H2. The molecule has 7 heteroatoms. The maximum absolute atomic E-state index is 10.7. The van der Waals surface area contributed by atoms with Crippen molar-refractivity contribution in [3.63, 3.8) is 0 Å². The summed E-state index contributed by atoms with van der Waals surface area (Å²) in [4.78, 5) is 4.19. The number of aromatic hydroxyl groups is 2. The van der Waals surface area contributed by atoms with Crippen molar-refractivity contribution in [2.24, 2.45) is 0 Å². The van der Waals surface area contributed by atoms with Gasteiger partial charge in [0.05, 0.1) is 0 Å². The van der Waals surface area contributed by atoms with Crippen molar-refractivity contribution >= 4 is 0 Å². The van der Waals surface area contributed by atoms with E-state index in [2.05, 4.69) is 4.98 Å². The fourth-order valence-electron chi connectivity index (χ4n) is 3.43. The summed E-state index contributed by atoms with van der Waals surface area (Å²) < 4.78 is 21.6. The number of benzene rings is 2. The fourth-order valence-corrected chi connectivity index (χ4v) is 3.43. The smallest absolute Gasteiger partial charge is 0.231 e. The average molecular weight is 365 g/mol. The second-order valence-electron chi connectivity index (χ2n) is 6.25. The van der Waals surface area contributed by atoms with Crippen molar-refractivity contribution in [1.82, 2.24) is 4.98 Å². The molecular formula is C20H15NO6. The molecule has 1 aromatic heterocycles.